The summed E-state index contributed by atoms with van der Waals surface area (Å²) in [5, 5.41) is 7.10. The Morgan fingerprint density at radius 2 is 1.88 bits per heavy atom. The van der Waals surface area contributed by atoms with Crippen LogP contribution >= 0.6 is 35.6 Å². The number of methoxy groups -OCH3 is 1. The number of benzene rings is 2. The molecule has 0 heterocycles. The molecule has 0 aliphatic heterocycles. The SMILES string of the molecule is COCCNCC(=O)NCc1ccccc1-c1ccc(Cl)cc1Cl.Cl. The molecule has 0 atom stereocenters. The first-order chi connectivity index (χ1) is 11.6. The standard InChI is InChI=1S/C18H20Cl2N2O2.ClH/c1-24-9-8-21-12-18(23)22-11-13-4-2-3-5-15(13)16-7-6-14(19)10-17(16)20;/h2-7,10,21H,8-9,11-12H2,1H3,(H,22,23);1H. The minimum atomic E-state index is -0.0666. The maximum atomic E-state index is 11.9. The van der Waals surface area contributed by atoms with E-state index in [9.17, 15) is 4.79 Å². The van der Waals surface area contributed by atoms with E-state index in [4.69, 9.17) is 27.9 Å². The van der Waals surface area contributed by atoms with E-state index in [1.54, 1.807) is 19.2 Å². The molecule has 0 saturated carbocycles. The molecule has 136 valence electrons. The van der Waals surface area contributed by atoms with Crippen molar-refractivity contribution in [1.82, 2.24) is 10.6 Å². The lowest BCUT2D eigenvalue weighted by Gasteiger charge is -2.13. The van der Waals surface area contributed by atoms with Crippen molar-refractivity contribution < 1.29 is 9.53 Å². The second-order valence-electron chi connectivity index (χ2n) is 5.23. The number of amides is 1. The van der Waals surface area contributed by atoms with Gasteiger partial charge in [0.2, 0.25) is 5.91 Å². The third-order valence-corrected chi connectivity index (χ3v) is 4.03. The molecular weight excluding hydrogens is 383 g/mol. The third-order valence-electron chi connectivity index (χ3n) is 3.48. The van der Waals surface area contributed by atoms with Crippen LogP contribution in [0.2, 0.25) is 10.0 Å². The minimum Gasteiger partial charge on any atom is -0.383 e. The van der Waals surface area contributed by atoms with Crippen molar-refractivity contribution in [2.75, 3.05) is 26.8 Å². The summed E-state index contributed by atoms with van der Waals surface area (Å²) < 4.78 is 4.92. The summed E-state index contributed by atoms with van der Waals surface area (Å²) in [5.74, 6) is -0.0666. The molecule has 0 saturated heterocycles. The van der Waals surface area contributed by atoms with Crippen LogP contribution in [0.4, 0.5) is 0 Å². The number of ether oxygens (including phenoxy) is 1. The van der Waals surface area contributed by atoms with Crippen LogP contribution in [0.15, 0.2) is 42.5 Å². The summed E-state index contributed by atoms with van der Waals surface area (Å²) in [4.78, 5) is 11.9. The lowest BCUT2D eigenvalue weighted by atomic mass is 9.99. The van der Waals surface area contributed by atoms with Gasteiger partial charge < -0.3 is 15.4 Å². The van der Waals surface area contributed by atoms with Gasteiger partial charge in [-0.3, -0.25) is 4.79 Å². The van der Waals surface area contributed by atoms with Crippen LogP contribution in [0.1, 0.15) is 5.56 Å². The van der Waals surface area contributed by atoms with E-state index >= 15 is 0 Å². The van der Waals surface area contributed by atoms with E-state index in [2.05, 4.69) is 10.6 Å². The van der Waals surface area contributed by atoms with Crippen molar-refractivity contribution in [1.29, 1.82) is 0 Å². The van der Waals surface area contributed by atoms with Crippen molar-refractivity contribution in [3.05, 3.63) is 58.1 Å². The van der Waals surface area contributed by atoms with Crippen LogP contribution in [0, 0.1) is 0 Å². The van der Waals surface area contributed by atoms with Gasteiger partial charge in [-0.25, -0.2) is 0 Å². The van der Waals surface area contributed by atoms with Crippen LogP contribution in [-0.4, -0.2) is 32.7 Å². The topological polar surface area (TPSA) is 50.4 Å². The van der Waals surface area contributed by atoms with Gasteiger partial charge in [0, 0.05) is 35.8 Å². The van der Waals surface area contributed by atoms with Crippen LogP contribution in [0.3, 0.4) is 0 Å². The summed E-state index contributed by atoms with van der Waals surface area (Å²) in [5.41, 5.74) is 2.86. The lowest BCUT2D eigenvalue weighted by Crippen LogP contribution is -2.34. The lowest BCUT2D eigenvalue weighted by molar-refractivity contribution is -0.120. The maximum absolute atomic E-state index is 11.9. The molecular formula is C18H21Cl3N2O2. The molecule has 0 unspecified atom stereocenters. The molecule has 0 fully saturated rings. The number of carbonyl (C=O) groups excluding carboxylic acids is 1. The van der Waals surface area contributed by atoms with Crippen LogP contribution < -0.4 is 10.6 Å². The van der Waals surface area contributed by atoms with Gasteiger partial charge >= 0.3 is 0 Å². The van der Waals surface area contributed by atoms with Gasteiger partial charge in [-0.15, -0.1) is 12.4 Å². The van der Waals surface area contributed by atoms with Crippen molar-refractivity contribution in [3.63, 3.8) is 0 Å². The number of hydrogen-bond donors (Lipinski definition) is 2. The monoisotopic (exact) mass is 402 g/mol. The Kier molecular flexibility index (Phi) is 9.86. The van der Waals surface area contributed by atoms with E-state index in [1.807, 2.05) is 30.3 Å². The Hall–Kier alpha value is -1.30. The zero-order valence-electron chi connectivity index (χ0n) is 13.9. The summed E-state index contributed by atoms with van der Waals surface area (Å²) in [6, 6.07) is 13.2. The first-order valence-corrected chi connectivity index (χ1v) is 8.37. The highest BCUT2D eigenvalue weighted by Gasteiger charge is 2.10. The first-order valence-electron chi connectivity index (χ1n) is 7.61. The Balaban J connectivity index is 0.00000312. The summed E-state index contributed by atoms with van der Waals surface area (Å²) in [7, 11) is 1.63. The molecule has 1 amide bonds. The van der Waals surface area contributed by atoms with Gasteiger partial charge in [0.25, 0.3) is 0 Å². The normalized spacial score (nSPS) is 10.2. The van der Waals surface area contributed by atoms with E-state index in [1.165, 1.54) is 0 Å². The molecule has 0 radical (unpaired) electrons. The Morgan fingerprint density at radius 1 is 1.12 bits per heavy atom. The smallest absolute Gasteiger partial charge is 0.234 e. The van der Waals surface area contributed by atoms with E-state index in [0.717, 1.165) is 16.7 Å². The molecule has 0 spiro atoms. The van der Waals surface area contributed by atoms with Gasteiger partial charge in [-0.2, -0.15) is 0 Å². The average Bonchev–Trinajstić information content (AvgIpc) is 2.57. The highest BCUT2D eigenvalue weighted by atomic mass is 35.5. The van der Waals surface area contributed by atoms with Crippen LogP contribution in [0.5, 0.6) is 0 Å². The highest BCUT2D eigenvalue weighted by molar-refractivity contribution is 6.36. The predicted octanol–water partition coefficient (Wildman–Crippen LogP) is 3.93. The first kappa shape index (κ1) is 21.7. The summed E-state index contributed by atoms with van der Waals surface area (Å²) in [6.07, 6.45) is 0. The molecule has 25 heavy (non-hydrogen) atoms. The van der Waals surface area contributed by atoms with Crippen molar-refractivity contribution in [3.8, 4) is 11.1 Å². The number of halogens is 3. The molecule has 0 aliphatic carbocycles. The van der Waals surface area contributed by atoms with Gasteiger partial charge in [0.15, 0.2) is 0 Å². The Labute approximate surface area is 164 Å². The van der Waals surface area contributed by atoms with Gasteiger partial charge in [0.1, 0.15) is 0 Å². The Bertz CT molecular complexity index is 696. The second-order valence-corrected chi connectivity index (χ2v) is 6.07. The molecule has 4 nitrogen and oxygen atoms in total. The minimum absolute atomic E-state index is 0. The largest absolute Gasteiger partial charge is 0.383 e. The van der Waals surface area contributed by atoms with Gasteiger partial charge in [-0.05, 0) is 23.3 Å². The molecule has 0 bridgehead atoms. The van der Waals surface area contributed by atoms with E-state index < -0.39 is 0 Å². The highest BCUT2D eigenvalue weighted by Crippen LogP contribution is 2.32. The van der Waals surface area contributed by atoms with E-state index in [0.29, 0.717) is 29.7 Å². The van der Waals surface area contributed by atoms with Crippen LogP contribution in [-0.2, 0) is 16.1 Å². The number of hydrogen-bond acceptors (Lipinski definition) is 3. The molecule has 2 aromatic rings. The molecule has 2 rings (SSSR count). The number of nitrogens with one attached hydrogen (secondary N) is 2. The second kappa shape index (κ2) is 11.3. The van der Waals surface area contributed by atoms with Gasteiger partial charge in [0.05, 0.1) is 13.2 Å². The quantitative estimate of drug-likeness (QED) is 0.657. The predicted molar refractivity (Wildman–Crippen MR) is 106 cm³/mol. The third kappa shape index (κ3) is 6.84. The molecule has 2 N–H and O–H groups in total. The van der Waals surface area contributed by atoms with Crippen molar-refractivity contribution >= 4 is 41.5 Å². The fourth-order valence-electron chi connectivity index (χ4n) is 2.28. The van der Waals surface area contributed by atoms with Crippen molar-refractivity contribution in [2.24, 2.45) is 0 Å². The van der Waals surface area contributed by atoms with Crippen molar-refractivity contribution in [2.45, 2.75) is 6.54 Å². The molecule has 0 aromatic heterocycles. The zero-order chi connectivity index (χ0) is 17.4. The van der Waals surface area contributed by atoms with E-state index in [-0.39, 0.29) is 24.9 Å². The fraction of sp³-hybridized carbons (Fsp3) is 0.278. The zero-order valence-corrected chi connectivity index (χ0v) is 16.2. The summed E-state index contributed by atoms with van der Waals surface area (Å²) >= 11 is 12.3. The fourth-order valence-corrected chi connectivity index (χ4v) is 2.79. The molecule has 2 aromatic carbocycles. The Morgan fingerprint density at radius 3 is 2.60 bits per heavy atom. The molecule has 7 heteroatoms. The van der Waals surface area contributed by atoms with Gasteiger partial charge in [-0.1, -0.05) is 53.5 Å². The number of carbonyl (C=O) groups is 1. The average molecular weight is 404 g/mol. The van der Waals surface area contributed by atoms with Crippen LogP contribution in [0.25, 0.3) is 11.1 Å². The maximum Gasteiger partial charge on any atom is 0.234 e. The number of rotatable bonds is 8. The summed E-state index contributed by atoms with van der Waals surface area (Å²) in [6.45, 7) is 1.90. The molecule has 0 aliphatic rings.